The number of nitrogens with one attached hydrogen (secondary N) is 1. The van der Waals surface area contributed by atoms with Gasteiger partial charge in [0.2, 0.25) is 0 Å². The maximum atomic E-state index is 13.8. The number of hydrogen-bond acceptors (Lipinski definition) is 9. The summed E-state index contributed by atoms with van der Waals surface area (Å²) >= 11 is 1.25. The molecule has 0 aliphatic carbocycles. The number of fused-ring (bicyclic) bond motifs is 2. The van der Waals surface area contributed by atoms with Gasteiger partial charge in [-0.2, -0.15) is 0 Å². The van der Waals surface area contributed by atoms with E-state index in [1.165, 1.54) is 47.0 Å². The molecule has 0 spiro atoms. The van der Waals surface area contributed by atoms with Crippen LogP contribution >= 0.6 is 24.4 Å². The molecule has 0 unspecified atom stereocenters. The maximum absolute atomic E-state index is 13.8. The lowest BCUT2D eigenvalue weighted by Gasteiger charge is -2.24. The molecular formula is C25H24ClN7O5S2. The van der Waals surface area contributed by atoms with E-state index >= 15 is 0 Å². The van der Waals surface area contributed by atoms with Crippen LogP contribution in [-0.2, 0) is 28.4 Å². The molecule has 0 radical (unpaired) electrons. The SMILES string of the molecule is Cl.Cn1c(=O)c(CN2CC=C(C(=N)N)S2)nc2cc(N(CC(=O)O)S(=O)(=O)c3cccc4cccnc34)ccc21. The standard InChI is InChI=1S/C25H23N7O5S2.ClH/c1-30-19-8-7-16(12-17(19)29-18(25(30)35)13-31-11-9-20(38-31)24(26)27)32(14-22(33)34)39(36,37)21-6-2-4-15-5-3-10-28-23(15)21;/h2-10,12H,11,13-14H2,1H3,(H3,26,27)(H,33,34);1H. The fourth-order valence-corrected chi connectivity index (χ4v) is 6.74. The van der Waals surface area contributed by atoms with Crippen molar-refractivity contribution in [3.63, 3.8) is 0 Å². The number of aryl methyl sites for hydroxylation is 1. The van der Waals surface area contributed by atoms with Crippen molar-refractivity contribution in [1.82, 2.24) is 18.8 Å². The van der Waals surface area contributed by atoms with E-state index in [0.717, 1.165) is 4.31 Å². The molecule has 0 amide bonds. The lowest BCUT2D eigenvalue weighted by Crippen LogP contribution is -2.36. The van der Waals surface area contributed by atoms with E-state index in [9.17, 15) is 23.1 Å². The molecule has 0 bridgehead atoms. The number of carboxylic acid groups (broad SMARTS) is 1. The van der Waals surface area contributed by atoms with E-state index in [-0.39, 0.29) is 52.1 Å². The van der Waals surface area contributed by atoms with Gasteiger partial charge in [-0.05, 0) is 42.3 Å². The van der Waals surface area contributed by atoms with Gasteiger partial charge >= 0.3 is 5.97 Å². The summed E-state index contributed by atoms with van der Waals surface area (Å²) < 4.78 is 31.7. The average Bonchev–Trinajstić information content (AvgIpc) is 3.38. The van der Waals surface area contributed by atoms with Crippen LogP contribution in [0, 0.1) is 5.41 Å². The third-order valence-corrected chi connectivity index (χ3v) is 9.08. The highest BCUT2D eigenvalue weighted by molar-refractivity contribution is 8.02. The first kappa shape index (κ1) is 29.0. The molecular weight excluding hydrogens is 578 g/mol. The molecule has 208 valence electrons. The Balaban J connectivity index is 0.00000370. The number of halogens is 1. The number of aromatic nitrogens is 3. The van der Waals surface area contributed by atoms with E-state index < -0.39 is 22.5 Å². The predicted molar refractivity (Wildman–Crippen MR) is 156 cm³/mol. The first-order valence-electron chi connectivity index (χ1n) is 11.6. The van der Waals surface area contributed by atoms with Crippen molar-refractivity contribution < 1.29 is 18.3 Å². The summed E-state index contributed by atoms with van der Waals surface area (Å²) in [6.07, 6.45) is 3.26. The van der Waals surface area contributed by atoms with Crippen molar-refractivity contribution in [2.75, 3.05) is 17.4 Å². The van der Waals surface area contributed by atoms with Crippen molar-refractivity contribution in [3.8, 4) is 0 Å². The van der Waals surface area contributed by atoms with Gasteiger partial charge in [-0.15, -0.1) is 12.4 Å². The number of pyridine rings is 1. The predicted octanol–water partition coefficient (Wildman–Crippen LogP) is 2.47. The number of nitrogens with two attached hydrogens (primary N) is 1. The van der Waals surface area contributed by atoms with E-state index in [4.69, 9.17) is 11.1 Å². The number of carbonyl (C=O) groups is 1. The van der Waals surface area contributed by atoms with Crippen LogP contribution in [0.5, 0.6) is 0 Å². The number of carboxylic acids is 1. The second-order valence-electron chi connectivity index (χ2n) is 8.73. The van der Waals surface area contributed by atoms with Crippen molar-refractivity contribution in [2.24, 2.45) is 12.8 Å². The molecule has 4 N–H and O–H groups in total. The zero-order chi connectivity index (χ0) is 27.9. The molecule has 12 nitrogen and oxygen atoms in total. The molecule has 2 aromatic carbocycles. The van der Waals surface area contributed by atoms with Crippen LogP contribution in [0.2, 0.25) is 0 Å². The minimum absolute atomic E-state index is 0. The number of benzene rings is 2. The fourth-order valence-electron chi connectivity index (χ4n) is 4.30. The molecule has 0 atom stereocenters. The van der Waals surface area contributed by atoms with E-state index in [2.05, 4.69) is 9.97 Å². The van der Waals surface area contributed by atoms with Gasteiger partial charge in [-0.3, -0.25) is 24.3 Å². The number of amidine groups is 1. The summed E-state index contributed by atoms with van der Waals surface area (Å²) in [7, 11) is -2.78. The third-order valence-electron chi connectivity index (χ3n) is 6.16. The Bertz CT molecular complexity index is 1850. The van der Waals surface area contributed by atoms with E-state index in [0.29, 0.717) is 27.9 Å². The zero-order valence-corrected chi connectivity index (χ0v) is 23.5. The molecule has 1 aliphatic rings. The molecule has 5 rings (SSSR count). The first-order chi connectivity index (χ1) is 18.6. The van der Waals surface area contributed by atoms with Gasteiger partial charge in [0, 0.05) is 25.2 Å². The number of anilines is 1. The molecule has 0 fully saturated rings. The highest BCUT2D eigenvalue weighted by atomic mass is 35.5. The summed E-state index contributed by atoms with van der Waals surface area (Å²) in [6.45, 7) is -0.213. The van der Waals surface area contributed by atoms with Crippen molar-refractivity contribution in [1.29, 1.82) is 5.41 Å². The highest BCUT2D eigenvalue weighted by Crippen LogP contribution is 2.31. The third kappa shape index (κ3) is 5.38. The quantitative estimate of drug-likeness (QED) is 0.154. The van der Waals surface area contributed by atoms with Crippen LogP contribution in [0.3, 0.4) is 0 Å². The van der Waals surface area contributed by atoms with Gasteiger partial charge < -0.3 is 15.4 Å². The van der Waals surface area contributed by atoms with Gasteiger partial charge in [0.25, 0.3) is 15.6 Å². The smallest absolute Gasteiger partial charge is 0.324 e. The average molecular weight is 602 g/mol. The van der Waals surface area contributed by atoms with Crippen LogP contribution in [0.15, 0.2) is 75.4 Å². The zero-order valence-electron chi connectivity index (χ0n) is 21.0. The van der Waals surface area contributed by atoms with Crippen molar-refractivity contribution in [2.45, 2.75) is 11.4 Å². The summed E-state index contributed by atoms with van der Waals surface area (Å²) in [6, 6.07) is 12.5. The van der Waals surface area contributed by atoms with Crippen LogP contribution in [-0.4, -0.2) is 57.3 Å². The molecule has 15 heteroatoms. The first-order valence-corrected chi connectivity index (χ1v) is 13.8. The summed E-state index contributed by atoms with van der Waals surface area (Å²) in [4.78, 5) is 34.0. The number of rotatable bonds is 8. The Morgan fingerprint density at radius 3 is 2.67 bits per heavy atom. The normalized spacial score (nSPS) is 13.7. The Morgan fingerprint density at radius 1 is 1.23 bits per heavy atom. The van der Waals surface area contributed by atoms with Gasteiger partial charge in [0.05, 0.1) is 33.7 Å². The van der Waals surface area contributed by atoms with Crippen LogP contribution < -0.4 is 15.6 Å². The summed E-state index contributed by atoms with van der Waals surface area (Å²) in [5.41, 5.74) is 6.49. The van der Waals surface area contributed by atoms with Gasteiger partial charge in [0.15, 0.2) is 0 Å². The second kappa shape index (κ2) is 11.3. The van der Waals surface area contributed by atoms with E-state index in [1.807, 2.05) is 4.31 Å². The van der Waals surface area contributed by atoms with Crippen LogP contribution in [0.25, 0.3) is 21.9 Å². The number of para-hydroxylation sites is 1. The summed E-state index contributed by atoms with van der Waals surface area (Å²) in [5.74, 6) is -1.41. The summed E-state index contributed by atoms with van der Waals surface area (Å²) in [5, 5.41) is 17.8. The largest absolute Gasteiger partial charge is 0.480 e. The second-order valence-corrected chi connectivity index (χ2v) is 11.7. The monoisotopic (exact) mass is 601 g/mol. The van der Waals surface area contributed by atoms with Gasteiger partial charge in [-0.25, -0.2) is 17.7 Å². The fraction of sp³-hybridized carbons (Fsp3) is 0.160. The molecule has 1 aliphatic heterocycles. The number of aliphatic carboxylic acids is 1. The van der Waals surface area contributed by atoms with Crippen molar-refractivity contribution in [3.05, 3.63) is 81.8 Å². The number of sulfonamides is 1. The Labute approximate surface area is 239 Å². The lowest BCUT2D eigenvalue weighted by molar-refractivity contribution is -0.135. The Kier molecular flexibility index (Phi) is 8.16. The molecule has 2 aromatic heterocycles. The van der Waals surface area contributed by atoms with E-state index in [1.54, 1.807) is 37.4 Å². The Hall–Kier alpha value is -3.98. The molecule has 40 heavy (non-hydrogen) atoms. The van der Waals surface area contributed by atoms with Crippen molar-refractivity contribution >= 4 is 73.8 Å². The number of nitrogens with zero attached hydrogens (tertiary/aromatic N) is 5. The number of hydrogen-bond donors (Lipinski definition) is 3. The van der Waals surface area contributed by atoms with Crippen LogP contribution in [0.4, 0.5) is 5.69 Å². The van der Waals surface area contributed by atoms with Gasteiger partial charge in [0.1, 0.15) is 23.0 Å². The highest BCUT2D eigenvalue weighted by Gasteiger charge is 2.30. The molecule has 3 heterocycles. The Morgan fingerprint density at radius 2 is 1.98 bits per heavy atom. The molecule has 0 saturated carbocycles. The molecule has 4 aromatic rings. The van der Waals surface area contributed by atoms with Gasteiger partial charge in [-0.1, -0.05) is 24.3 Å². The molecule has 0 saturated heterocycles. The minimum Gasteiger partial charge on any atom is -0.480 e. The topological polar surface area (TPSA) is 176 Å². The minimum atomic E-state index is -4.36. The maximum Gasteiger partial charge on any atom is 0.324 e. The van der Waals surface area contributed by atoms with Crippen LogP contribution in [0.1, 0.15) is 5.69 Å². The lowest BCUT2D eigenvalue weighted by atomic mass is 10.2.